The number of carbonyl (C=O) groups is 1. The second-order valence-electron chi connectivity index (χ2n) is 8.20. The van der Waals surface area contributed by atoms with Crippen molar-refractivity contribution in [2.24, 2.45) is 0 Å². The number of aliphatic hydroxyl groups is 1. The zero-order valence-electron chi connectivity index (χ0n) is 18.1. The first-order valence-electron chi connectivity index (χ1n) is 10.2. The lowest BCUT2D eigenvalue weighted by Crippen LogP contribution is -2.48. The van der Waals surface area contributed by atoms with Crippen molar-refractivity contribution in [3.05, 3.63) is 68.7 Å². The van der Waals surface area contributed by atoms with Gasteiger partial charge in [-0.3, -0.25) is 14.9 Å². The van der Waals surface area contributed by atoms with E-state index in [9.17, 15) is 20.0 Å². The number of fused-ring (bicyclic) bond motifs is 4. The van der Waals surface area contributed by atoms with Crippen molar-refractivity contribution in [2.45, 2.75) is 54.7 Å². The predicted molar refractivity (Wildman–Crippen MR) is 118 cm³/mol. The average molecular weight is 460 g/mol. The quantitative estimate of drug-likeness (QED) is 0.216. The van der Waals surface area contributed by atoms with E-state index < -0.39 is 28.5 Å². The molecule has 2 aliphatic heterocycles. The van der Waals surface area contributed by atoms with Crippen molar-refractivity contribution < 1.29 is 29.0 Å². The van der Waals surface area contributed by atoms with E-state index in [1.807, 2.05) is 0 Å². The van der Waals surface area contributed by atoms with E-state index in [0.717, 1.165) is 16.7 Å². The van der Waals surface area contributed by atoms with Crippen molar-refractivity contribution in [1.82, 2.24) is 0 Å². The van der Waals surface area contributed by atoms with Crippen LogP contribution in [0.3, 0.4) is 0 Å². The average Bonchev–Trinajstić information content (AvgIpc) is 3.24. The molecule has 4 rings (SSSR count). The Kier molecular flexibility index (Phi) is 5.89. The lowest BCUT2D eigenvalue weighted by molar-refractivity contribution is -0.387. The van der Waals surface area contributed by atoms with E-state index in [4.69, 9.17) is 14.2 Å². The Hall–Kier alpha value is -2.30. The number of methoxy groups -OCH3 is 2. The smallest absolute Gasteiger partial charge is 0.283 e. The molecule has 0 unspecified atom stereocenters. The minimum absolute atomic E-state index is 0.00827. The number of nitro benzene ring substituents is 1. The third-order valence-corrected chi connectivity index (χ3v) is 7.57. The summed E-state index contributed by atoms with van der Waals surface area (Å²) >= 11 is 1.21. The van der Waals surface area contributed by atoms with Crippen LogP contribution in [0.2, 0.25) is 0 Å². The first kappa shape index (κ1) is 22.9. The first-order chi connectivity index (χ1) is 15.2. The molecule has 0 spiro atoms. The normalized spacial score (nSPS) is 30.3. The van der Waals surface area contributed by atoms with Gasteiger partial charge in [0.1, 0.15) is 11.7 Å². The zero-order valence-corrected chi connectivity index (χ0v) is 18.9. The van der Waals surface area contributed by atoms with Gasteiger partial charge in [0.15, 0.2) is 17.7 Å². The van der Waals surface area contributed by atoms with Crippen LogP contribution in [0, 0.1) is 10.1 Å². The van der Waals surface area contributed by atoms with E-state index in [2.05, 4.69) is 6.58 Å². The number of nitro groups is 1. The van der Waals surface area contributed by atoms with Gasteiger partial charge in [0.25, 0.3) is 5.69 Å². The Morgan fingerprint density at radius 1 is 1.41 bits per heavy atom. The molecule has 170 valence electrons. The van der Waals surface area contributed by atoms with E-state index in [-0.39, 0.29) is 24.3 Å². The molecule has 0 saturated carbocycles. The maximum atomic E-state index is 12.1. The van der Waals surface area contributed by atoms with Crippen LogP contribution in [0.1, 0.15) is 26.2 Å². The highest BCUT2D eigenvalue weighted by Crippen LogP contribution is 2.60. The molecule has 0 radical (unpaired) electrons. The number of Topliss-reactive ketones (excluding diaryl/α,β-unsaturated/α-hetero) is 1. The topological polar surface area (TPSA) is 108 Å². The minimum Gasteiger partial charge on any atom is -0.382 e. The van der Waals surface area contributed by atoms with Gasteiger partial charge in [-0.25, -0.2) is 0 Å². The highest BCUT2D eigenvalue weighted by Gasteiger charge is 2.64. The largest absolute Gasteiger partial charge is 0.382 e. The van der Waals surface area contributed by atoms with Gasteiger partial charge >= 0.3 is 0 Å². The van der Waals surface area contributed by atoms with Crippen molar-refractivity contribution in [1.29, 1.82) is 0 Å². The van der Waals surface area contributed by atoms with Crippen molar-refractivity contribution in [2.75, 3.05) is 14.2 Å². The summed E-state index contributed by atoms with van der Waals surface area (Å²) in [5.41, 5.74) is 0.662. The Balaban J connectivity index is 1.77. The first-order valence-corrected chi connectivity index (χ1v) is 11.1. The number of ether oxygens (including phenoxy) is 3. The van der Waals surface area contributed by atoms with Crippen LogP contribution >= 0.6 is 11.8 Å². The van der Waals surface area contributed by atoms with Crippen LogP contribution < -0.4 is 0 Å². The molecule has 1 saturated heterocycles. The summed E-state index contributed by atoms with van der Waals surface area (Å²) in [6.45, 7) is 5.67. The van der Waals surface area contributed by atoms with Crippen molar-refractivity contribution >= 4 is 23.2 Å². The Morgan fingerprint density at radius 2 is 2.09 bits per heavy atom. The summed E-state index contributed by atoms with van der Waals surface area (Å²) in [6.07, 6.45) is -0.405. The van der Waals surface area contributed by atoms with Gasteiger partial charge in [-0.2, -0.15) is 0 Å². The summed E-state index contributed by atoms with van der Waals surface area (Å²) in [5, 5.41) is 24.1. The van der Waals surface area contributed by atoms with E-state index in [0.29, 0.717) is 16.9 Å². The number of hydrogen-bond donors (Lipinski definition) is 1. The highest BCUT2D eigenvalue weighted by atomic mass is 32.2. The molecule has 8 nitrogen and oxygen atoms in total. The van der Waals surface area contributed by atoms with E-state index in [1.54, 1.807) is 23.6 Å². The van der Waals surface area contributed by atoms with Crippen LogP contribution in [0.4, 0.5) is 5.69 Å². The van der Waals surface area contributed by atoms with Gasteiger partial charge in [-0.15, -0.1) is 0 Å². The molecule has 1 fully saturated rings. The third kappa shape index (κ3) is 3.27. The van der Waals surface area contributed by atoms with Gasteiger partial charge in [0.05, 0.1) is 9.82 Å². The number of rotatable bonds is 7. The van der Waals surface area contributed by atoms with Crippen molar-refractivity contribution in [3.8, 4) is 0 Å². The number of carbonyl (C=O) groups excluding carboxylic acids is 1. The lowest BCUT2D eigenvalue weighted by atomic mass is 9.67. The van der Waals surface area contributed by atoms with Gasteiger partial charge in [-0.05, 0) is 53.5 Å². The van der Waals surface area contributed by atoms with E-state index in [1.165, 1.54) is 39.0 Å². The molecule has 3 aliphatic rings. The monoisotopic (exact) mass is 459 g/mol. The molecule has 0 aromatic heterocycles. The maximum Gasteiger partial charge on any atom is 0.283 e. The molecule has 9 heteroatoms. The predicted octanol–water partition coefficient (Wildman–Crippen LogP) is 3.70. The fraction of sp³-hybridized carbons (Fsp3) is 0.435. The Bertz CT molecular complexity index is 1060. The fourth-order valence-corrected chi connectivity index (χ4v) is 5.86. The second-order valence-corrected chi connectivity index (χ2v) is 9.11. The summed E-state index contributed by atoms with van der Waals surface area (Å²) in [5.74, 6) is -0.283. The standard InChI is InChI=1S/C23H25NO7S/c1-13-16(12-32-19-8-6-5-7-18(19)24(27)28)20-15-11-22(26,14(2)25)10-9-17(15)23(13,31-20)21(29-3)30-4/h5-8,12,20-21,26H,1,9-11H2,2-4H3/b16-12-/t20-,22+,23-/m0/s1. The van der Waals surface area contributed by atoms with Crippen molar-refractivity contribution in [3.63, 3.8) is 0 Å². The number of para-hydroxylation sites is 1. The van der Waals surface area contributed by atoms with Crippen LogP contribution in [-0.2, 0) is 19.0 Å². The number of benzene rings is 1. The number of thioether (sulfide) groups is 1. The van der Waals surface area contributed by atoms with Crippen LogP contribution in [0.25, 0.3) is 0 Å². The molecule has 32 heavy (non-hydrogen) atoms. The van der Waals surface area contributed by atoms with Gasteiger partial charge in [0.2, 0.25) is 0 Å². The molecule has 2 heterocycles. The van der Waals surface area contributed by atoms with Crippen LogP contribution in [-0.4, -0.2) is 53.6 Å². The number of ketones is 1. The molecular weight excluding hydrogens is 434 g/mol. The Morgan fingerprint density at radius 3 is 2.72 bits per heavy atom. The number of nitrogens with zero attached hydrogens (tertiary/aromatic N) is 1. The fourth-order valence-electron chi connectivity index (χ4n) is 4.92. The number of hydrogen-bond acceptors (Lipinski definition) is 8. The molecular formula is C23H25NO7S. The minimum atomic E-state index is -1.44. The molecule has 0 amide bonds. The lowest BCUT2D eigenvalue weighted by Gasteiger charge is -2.40. The molecule has 1 aromatic rings. The van der Waals surface area contributed by atoms with Crippen LogP contribution in [0.15, 0.2) is 63.4 Å². The SMILES string of the molecule is C=C1/C(=C/Sc2ccccc2[N+](=O)[O-])[C@H]2O[C@]1(C(OC)OC)C1=C2C[C@@](O)(C(C)=O)CC1. The summed E-state index contributed by atoms with van der Waals surface area (Å²) < 4.78 is 17.6. The van der Waals surface area contributed by atoms with E-state index >= 15 is 0 Å². The third-order valence-electron chi connectivity index (χ3n) is 6.60. The summed E-state index contributed by atoms with van der Waals surface area (Å²) in [4.78, 5) is 23.6. The summed E-state index contributed by atoms with van der Waals surface area (Å²) in [7, 11) is 3.04. The van der Waals surface area contributed by atoms with Gasteiger partial charge < -0.3 is 19.3 Å². The molecule has 1 N–H and O–H groups in total. The van der Waals surface area contributed by atoms with Crippen LogP contribution in [0.5, 0.6) is 0 Å². The molecule has 3 atom stereocenters. The maximum absolute atomic E-state index is 12.1. The second kappa shape index (κ2) is 8.24. The highest BCUT2D eigenvalue weighted by molar-refractivity contribution is 8.02. The van der Waals surface area contributed by atoms with Gasteiger partial charge in [0, 0.05) is 26.7 Å². The Labute approximate surface area is 190 Å². The zero-order chi connectivity index (χ0) is 23.3. The molecule has 1 aromatic carbocycles. The molecule has 2 bridgehead atoms. The van der Waals surface area contributed by atoms with Gasteiger partial charge in [-0.1, -0.05) is 30.5 Å². The molecule has 1 aliphatic carbocycles. The summed E-state index contributed by atoms with van der Waals surface area (Å²) in [6, 6.07) is 6.49.